The molecule has 2 nitrogen and oxygen atoms in total. The summed E-state index contributed by atoms with van der Waals surface area (Å²) in [4.78, 5) is 4.57. The van der Waals surface area contributed by atoms with E-state index in [-0.39, 0.29) is 0 Å². The van der Waals surface area contributed by atoms with Gasteiger partial charge in [0.1, 0.15) is 0 Å². The van der Waals surface area contributed by atoms with E-state index in [4.69, 9.17) is 0 Å². The molecule has 1 aliphatic rings. The Bertz CT molecular complexity index is 331. The van der Waals surface area contributed by atoms with Crippen LogP contribution in [0.3, 0.4) is 0 Å². The minimum absolute atomic E-state index is 0.446. The summed E-state index contributed by atoms with van der Waals surface area (Å²) >= 11 is 0. The smallest absolute Gasteiger partial charge is 0.0604 e. The topological polar surface area (TPSA) is 24.9 Å². The van der Waals surface area contributed by atoms with Crippen molar-refractivity contribution in [3.8, 4) is 0 Å². The standard InChI is InChI=1S/C14H22N2/c1-3-12-8-5-9-16-14(12)13(15-2)10-11-6-4-7-11/h5,8-9,11,13,15H,3-4,6-7,10H2,1-2H3. The quantitative estimate of drug-likeness (QED) is 0.821. The highest BCUT2D eigenvalue weighted by Gasteiger charge is 2.23. The highest BCUT2D eigenvalue weighted by atomic mass is 14.9. The van der Waals surface area contributed by atoms with Crippen LogP contribution in [-0.2, 0) is 6.42 Å². The van der Waals surface area contributed by atoms with Gasteiger partial charge in [-0.05, 0) is 37.4 Å². The van der Waals surface area contributed by atoms with Gasteiger partial charge in [-0.3, -0.25) is 4.98 Å². The number of aromatic nitrogens is 1. The number of hydrogen-bond donors (Lipinski definition) is 1. The molecule has 0 saturated heterocycles. The number of nitrogens with zero attached hydrogens (tertiary/aromatic N) is 1. The SMILES string of the molecule is CCc1cccnc1C(CC1CCC1)NC. The lowest BCUT2D eigenvalue weighted by atomic mass is 9.80. The van der Waals surface area contributed by atoms with E-state index in [1.165, 1.54) is 36.9 Å². The molecule has 0 aliphatic heterocycles. The normalized spacial score (nSPS) is 18.1. The Kier molecular flexibility index (Phi) is 3.94. The van der Waals surface area contributed by atoms with E-state index < -0.39 is 0 Å². The monoisotopic (exact) mass is 218 g/mol. The Labute approximate surface area is 98.5 Å². The molecule has 0 radical (unpaired) electrons. The van der Waals surface area contributed by atoms with Crippen LogP contribution in [0.25, 0.3) is 0 Å². The van der Waals surface area contributed by atoms with E-state index in [1.807, 2.05) is 12.3 Å². The largest absolute Gasteiger partial charge is 0.312 e. The van der Waals surface area contributed by atoms with Gasteiger partial charge in [-0.15, -0.1) is 0 Å². The first-order chi connectivity index (χ1) is 7.85. The third kappa shape index (κ3) is 2.43. The average Bonchev–Trinajstić information content (AvgIpc) is 2.28. The van der Waals surface area contributed by atoms with Gasteiger partial charge in [-0.2, -0.15) is 0 Å². The molecule has 1 atom stereocenters. The van der Waals surface area contributed by atoms with Crippen molar-refractivity contribution in [3.05, 3.63) is 29.6 Å². The summed E-state index contributed by atoms with van der Waals surface area (Å²) in [6, 6.07) is 4.69. The van der Waals surface area contributed by atoms with Crippen molar-refractivity contribution in [3.63, 3.8) is 0 Å². The number of hydrogen-bond acceptors (Lipinski definition) is 2. The van der Waals surface area contributed by atoms with E-state index in [1.54, 1.807) is 0 Å². The predicted molar refractivity (Wildman–Crippen MR) is 67.4 cm³/mol. The van der Waals surface area contributed by atoms with Crippen molar-refractivity contribution in [2.24, 2.45) is 5.92 Å². The molecule has 0 aromatic carbocycles. The van der Waals surface area contributed by atoms with Crippen molar-refractivity contribution in [2.45, 2.75) is 45.1 Å². The lowest BCUT2D eigenvalue weighted by Crippen LogP contribution is -2.24. The van der Waals surface area contributed by atoms with Crippen LogP contribution in [-0.4, -0.2) is 12.0 Å². The van der Waals surface area contributed by atoms with Gasteiger partial charge < -0.3 is 5.32 Å². The number of nitrogens with one attached hydrogen (secondary N) is 1. The Morgan fingerprint density at radius 3 is 2.88 bits per heavy atom. The van der Waals surface area contributed by atoms with Crippen molar-refractivity contribution < 1.29 is 0 Å². The van der Waals surface area contributed by atoms with Crippen molar-refractivity contribution in [2.75, 3.05) is 7.05 Å². The van der Waals surface area contributed by atoms with Crippen molar-refractivity contribution >= 4 is 0 Å². The van der Waals surface area contributed by atoms with Crippen LogP contribution in [0.4, 0.5) is 0 Å². The third-order valence-corrected chi connectivity index (χ3v) is 3.78. The number of rotatable bonds is 5. The summed E-state index contributed by atoms with van der Waals surface area (Å²) in [5.74, 6) is 0.921. The first-order valence-electron chi connectivity index (χ1n) is 6.46. The van der Waals surface area contributed by atoms with Gasteiger partial charge in [0.05, 0.1) is 5.69 Å². The maximum atomic E-state index is 4.57. The average molecular weight is 218 g/mol. The molecule has 1 fully saturated rings. The van der Waals surface area contributed by atoms with Crippen molar-refractivity contribution in [1.82, 2.24) is 10.3 Å². The Morgan fingerprint density at radius 1 is 1.50 bits per heavy atom. The second-order valence-electron chi connectivity index (χ2n) is 4.78. The summed E-state index contributed by atoms with van der Waals surface area (Å²) in [5, 5.41) is 3.43. The summed E-state index contributed by atoms with van der Waals surface area (Å²) in [5.41, 5.74) is 2.65. The highest BCUT2D eigenvalue weighted by molar-refractivity contribution is 5.23. The second-order valence-corrected chi connectivity index (χ2v) is 4.78. The number of aryl methyl sites for hydroxylation is 1. The first kappa shape index (κ1) is 11.6. The van der Waals surface area contributed by atoms with E-state index in [9.17, 15) is 0 Å². The lowest BCUT2D eigenvalue weighted by Gasteiger charge is -2.30. The van der Waals surface area contributed by atoms with Gasteiger partial charge in [0.2, 0.25) is 0 Å². The lowest BCUT2D eigenvalue weighted by molar-refractivity contribution is 0.263. The fourth-order valence-corrected chi connectivity index (χ4v) is 2.49. The van der Waals surface area contributed by atoms with Crippen LogP contribution in [0.2, 0.25) is 0 Å². The Hall–Kier alpha value is -0.890. The summed E-state index contributed by atoms with van der Waals surface area (Å²) in [6.07, 6.45) is 8.48. The molecule has 1 N–H and O–H groups in total. The van der Waals surface area contributed by atoms with Gasteiger partial charge >= 0.3 is 0 Å². The molecule has 1 unspecified atom stereocenters. The summed E-state index contributed by atoms with van der Waals surface area (Å²) < 4.78 is 0. The summed E-state index contributed by atoms with van der Waals surface area (Å²) in [7, 11) is 2.05. The molecule has 1 heterocycles. The van der Waals surface area contributed by atoms with Crippen molar-refractivity contribution in [1.29, 1.82) is 0 Å². The van der Waals surface area contributed by atoms with Gasteiger partial charge in [-0.25, -0.2) is 0 Å². The van der Waals surface area contributed by atoms with E-state index in [0.29, 0.717) is 6.04 Å². The van der Waals surface area contributed by atoms with Gasteiger partial charge in [-0.1, -0.05) is 32.3 Å². The molecule has 1 aromatic rings. The molecule has 1 aromatic heterocycles. The second kappa shape index (κ2) is 5.44. The van der Waals surface area contributed by atoms with Gasteiger partial charge in [0, 0.05) is 12.2 Å². The molecule has 2 heteroatoms. The van der Waals surface area contributed by atoms with Gasteiger partial charge in [0.15, 0.2) is 0 Å². The molecule has 16 heavy (non-hydrogen) atoms. The molecule has 0 bridgehead atoms. The molecule has 0 spiro atoms. The fourth-order valence-electron chi connectivity index (χ4n) is 2.49. The molecule has 88 valence electrons. The maximum Gasteiger partial charge on any atom is 0.0604 e. The maximum absolute atomic E-state index is 4.57. The Balaban J connectivity index is 2.11. The molecule has 2 rings (SSSR count). The zero-order valence-electron chi connectivity index (χ0n) is 10.4. The fraction of sp³-hybridized carbons (Fsp3) is 0.643. The minimum atomic E-state index is 0.446. The molecule has 1 aliphatic carbocycles. The van der Waals surface area contributed by atoms with E-state index >= 15 is 0 Å². The van der Waals surface area contributed by atoms with Gasteiger partial charge in [0.25, 0.3) is 0 Å². The predicted octanol–water partition coefficient (Wildman–Crippen LogP) is 3.09. The molecular formula is C14H22N2. The number of pyridine rings is 1. The van der Waals surface area contributed by atoms with Crippen LogP contribution in [0, 0.1) is 5.92 Å². The minimum Gasteiger partial charge on any atom is -0.312 e. The zero-order chi connectivity index (χ0) is 11.4. The van der Waals surface area contributed by atoms with Crippen LogP contribution in [0.15, 0.2) is 18.3 Å². The first-order valence-corrected chi connectivity index (χ1v) is 6.46. The summed E-state index contributed by atoms with van der Waals surface area (Å²) in [6.45, 7) is 2.20. The van der Waals surface area contributed by atoms with Crippen LogP contribution in [0.5, 0.6) is 0 Å². The van der Waals surface area contributed by atoms with Crippen LogP contribution >= 0.6 is 0 Å². The highest BCUT2D eigenvalue weighted by Crippen LogP contribution is 2.34. The molecule has 0 amide bonds. The molecule has 1 saturated carbocycles. The van der Waals surface area contributed by atoms with E-state index in [2.05, 4.69) is 30.3 Å². The van der Waals surface area contributed by atoms with E-state index in [0.717, 1.165) is 12.3 Å². The zero-order valence-corrected chi connectivity index (χ0v) is 10.4. The third-order valence-electron chi connectivity index (χ3n) is 3.78. The van der Waals surface area contributed by atoms with Crippen LogP contribution < -0.4 is 5.32 Å². The van der Waals surface area contributed by atoms with Crippen LogP contribution in [0.1, 0.15) is 49.9 Å². The Morgan fingerprint density at radius 2 is 2.31 bits per heavy atom. The molecular weight excluding hydrogens is 196 g/mol.